The maximum atomic E-state index is 5.52. The molecule has 0 spiro atoms. The van der Waals surface area contributed by atoms with Crippen LogP contribution in [0.25, 0.3) is 93.0 Å². The zero-order valence-electron chi connectivity index (χ0n) is 29.0. The highest BCUT2D eigenvalue weighted by Crippen LogP contribution is 2.46. The van der Waals surface area contributed by atoms with Gasteiger partial charge in [-0.15, -0.1) is 0 Å². The molecule has 0 unspecified atom stereocenters. The Morgan fingerprint density at radius 2 is 0.981 bits per heavy atom. The largest absolute Gasteiger partial charge is 0.344 e. The van der Waals surface area contributed by atoms with Crippen molar-refractivity contribution in [3.63, 3.8) is 0 Å². The molecule has 4 heteroatoms. The SMILES string of the molecule is CN(c1ccccc1)c1cccc2c3cccc4c3c3c(cccc3n4-c3nc4ccc5ccccc5c4nc3-c3ccccc3)c3ccccc3c12. The number of aromatic nitrogens is 3. The minimum atomic E-state index is 0.818. The molecule has 0 aliphatic heterocycles. The average Bonchev–Trinajstić information content (AvgIpc) is 3.57. The number of anilines is 2. The molecule has 0 N–H and O–H groups in total. The normalized spacial score (nSPS) is 11.9. The molecule has 11 rings (SSSR count). The van der Waals surface area contributed by atoms with Crippen LogP contribution in [0.3, 0.4) is 0 Å². The van der Waals surface area contributed by atoms with Crippen LogP contribution >= 0.6 is 0 Å². The lowest BCUT2D eigenvalue weighted by atomic mass is 9.93. The molecule has 0 bridgehead atoms. The summed E-state index contributed by atoms with van der Waals surface area (Å²) in [4.78, 5) is 13.3. The number of hydrogen-bond donors (Lipinski definition) is 0. The topological polar surface area (TPSA) is 34.0 Å². The lowest BCUT2D eigenvalue weighted by Gasteiger charge is -2.22. The molecule has 0 saturated heterocycles. The summed E-state index contributed by atoms with van der Waals surface area (Å²) in [7, 11) is 2.17. The van der Waals surface area contributed by atoms with E-state index in [-0.39, 0.29) is 0 Å². The Morgan fingerprint density at radius 1 is 0.434 bits per heavy atom. The van der Waals surface area contributed by atoms with E-state index in [1.54, 1.807) is 0 Å². The quantitative estimate of drug-likeness (QED) is 0.174. The van der Waals surface area contributed by atoms with Gasteiger partial charge in [0.15, 0.2) is 5.82 Å². The molecule has 2 heterocycles. The van der Waals surface area contributed by atoms with Crippen molar-refractivity contribution >= 4 is 87.3 Å². The van der Waals surface area contributed by atoms with Gasteiger partial charge in [-0.25, -0.2) is 9.97 Å². The molecule has 0 fully saturated rings. The van der Waals surface area contributed by atoms with Gasteiger partial charge in [0.25, 0.3) is 0 Å². The summed E-state index contributed by atoms with van der Waals surface area (Å²) in [5, 5.41) is 11.9. The van der Waals surface area contributed by atoms with Gasteiger partial charge in [0.1, 0.15) is 5.69 Å². The third-order valence-electron chi connectivity index (χ3n) is 10.9. The van der Waals surface area contributed by atoms with Gasteiger partial charge in [-0.2, -0.15) is 0 Å². The van der Waals surface area contributed by atoms with Gasteiger partial charge in [-0.05, 0) is 68.7 Å². The Bertz CT molecular complexity index is 3240. The molecule has 0 aliphatic rings. The highest BCUT2D eigenvalue weighted by atomic mass is 15.1. The minimum Gasteiger partial charge on any atom is -0.344 e. The first-order valence-corrected chi connectivity index (χ1v) is 18.1. The monoisotopic (exact) mass is 676 g/mol. The van der Waals surface area contributed by atoms with Crippen LogP contribution in [0, 0.1) is 0 Å². The molecule has 4 nitrogen and oxygen atoms in total. The summed E-state index contributed by atoms with van der Waals surface area (Å²) in [6.45, 7) is 0. The highest BCUT2D eigenvalue weighted by Gasteiger charge is 2.23. The summed E-state index contributed by atoms with van der Waals surface area (Å²) < 4.78 is 2.36. The van der Waals surface area contributed by atoms with Crippen LogP contribution in [-0.4, -0.2) is 21.6 Å². The maximum Gasteiger partial charge on any atom is 0.165 e. The van der Waals surface area contributed by atoms with Crippen LogP contribution in [0.15, 0.2) is 176 Å². The van der Waals surface area contributed by atoms with Crippen molar-refractivity contribution in [2.75, 3.05) is 11.9 Å². The van der Waals surface area contributed by atoms with Gasteiger partial charge in [0.2, 0.25) is 0 Å². The first kappa shape index (κ1) is 29.7. The first-order chi connectivity index (χ1) is 26.2. The van der Waals surface area contributed by atoms with E-state index in [4.69, 9.17) is 9.97 Å². The molecule has 0 amide bonds. The van der Waals surface area contributed by atoms with E-state index in [9.17, 15) is 0 Å². The van der Waals surface area contributed by atoms with Crippen molar-refractivity contribution in [1.29, 1.82) is 0 Å². The maximum absolute atomic E-state index is 5.52. The van der Waals surface area contributed by atoms with E-state index in [2.05, 4.69) is 192 Å². The molecular formula is C49H32N4. The third-order valence-corrected chi connectivity index (χ3v) is 10.9. The van der Waals surface area contributed by atoms with Gasteiger partial charge in [0.05, 0.1) is 22.1 Å². The minimum absolute atomic E-state index is 0.818. The van der Waals surface area contributed by atoms with E-state index in [0.29, 0.717) is 0 Å². The third kappa shape index (κ3) is 4.36. The van der Waals surface area contributed by atoms with Crippen LogP contribution < -0.4 is 4.90 Å². The number of para-hydroxylation sites is 1. The van der Waals surface area contributed by atoms with E-state index in [1.165, 1.54) is 43.1 Å². The lowest BCUT2D eigenvalue weighted by molar-refractivity contribution is 1.08. The predicted octanol–water partition coefficient (Wildman–Crippen LogP) is 12.8. The van der Waals surface area contributed by atoms with Crippen molar-refractivity contribution in [3.8, 4) is 17.1 Å². The van der Waals surface area contributed by atoms with Crippen LogP contribution in [0.1, 0.15) is 0 Å². The fourth-order valence-electron chi connectivity index (χ4n) is 8.56. The fraction of sp³-hybridized carbons (Fsp3) is 0.0204. The van der Waals surface area contributed by atoms with Crippen LogP contribution in [0.5, 0.6) is 0 Å². The molecule has 0 saturated carbocycles. The highest BCUT2D eigenvalue weighted by molar-refractivity contribution is 6.34. The van der Waals surface area contributed by atoms with Crippen molar-refractivity contribution in [2.45, 2.75) is 0 Å². The Hall–Kier alpha value is -7.04. The number of hydrogen-bond acceptors (Lipinski definition) is 3. The van der Waals surface area contributed by atoms with Crippen molar-refractivity contribution in [2.24, 2.45) is 0 Å². The van der Waals surface area contributed by atoms with Gasteiger partial charge in [-0.1, -0.05) is 140 Å². The Labute approximate surface area is 305 Å². The molecule has 248 valence electrons. The summed E-state index contributed by atoms with van der Waals surface area (Å²) >= 11 is 0. The van der Waals surface area contributed by atoms with E-state index in [0.717, 1.165) is 61.3 Å². The number of fused-ring (bicyclic) bond motifs is 8. The second kappa shape index (κ2) is 11.5. The Balaban J connectivity index is 1.34. The second-order valence-corrected chi connectivity index (χ2v) is 13.8. The van der Waals surface area contributed by atoms with Crippen LogP contribution in [0.2, 0.25) is 0 Å². The van der Waals surface area contributed by atoms with Crippen molar-refractivity contribution < 1.29 is 0 Å². The number of rotatable bonds is 4. The van der Waals surface area contributed by atoms with Crippen molar-refractivity contribution in [1.82, 2.24) is 14.5 Å². The molecular weight excluding hydrogens is 645 g/mol. The van der Waals surface area contributed by atoms with E-state index < -0.39 is 0 Å². The molecule has 11 aromatic rings. The van der Waals surface area contributed by atoms with E-state index in [1.807, 2.05) is 0 Å². The summed E-state index contributed by atoms with van der Waals surface area (Å²) in [6, 6.07) is 62.9. The summed E-state index contributed by atoms with van der Waals surface area (Å²) in [6.07, 6.45) is 0. The average molecular weight is 677 g/mol. The molecule has 53 heavy (non-hydrogen) atoms. The molecule has 0 aliphatic carbocycles. The Morgan fingerprint density at radius 3 is 1.72 bits per heavy atom. The predicted molar refractivity (Wildman–Crippen MR) is 224 cm³/mol. The number of nitrogens with zero attached hydrogens (tertiary/aromatic N) is 4. The molecule has 2 aromatic heterocycles. The van der Waals surface area contributed by atoms with Crippen molar-refractivity contribution in [3.05, 3.63) is 176 Å². The summed E-state index contributed by atoms with van der Waals surface area (Å²) in [5.41, 5.74) is 8.16. The van der Waals surface area contributed by atoms with Gasteiger partial charge < -0.3 is 4.90 Å². The second-order valence-electron chi connectivity index (χ2n) is 13.8. The fourth-order valence-corrected chi connectivity index (χ4v) is 8.56. The standard InChI is InChI=1S/C49H32N4/c1-52(33-18-6-3-7-19-33)41-26-12-24-38-39-25-14-28-43-46(39)45-37(35-21-10-11-22-36(35)44(38)41)23-13-27-42(45)53(43)49-47(32-16-4-2-5-17-32)51-48-34-20-9-8-15-31(34)29-30-40(48)50-49/h2-30H,1H3. The Kier molecular flexibility index (Phi) is 6.43. The first-order valence-electron chi connectivity index (χ1n) is 18.1. The van der Waals surface area contributed by atoms with Crippen LogP contribution in [0.4, 0.5) is 11.4 Å². The smallest absolute Gasteiger partial charge is 0.165 e. The number of benzene rings is 8. The summed E-state index contributed by atoms with van der Waals surface area (Å²) in [5.74, 6) is 0.818. The van der Waals surface area contributed by atoms with Gasteiger partial charge >= 0.3 is 0 Å². The van der Waals surface area contributed by atoms with Gasteiger partial charge in [-0.3, -0.25) is 4.57 Å². The molecule has 0 atom stereocenters. The lowest BCUT2D eigenvalue weighted by Crippen LogP contribution is -2.09. The molecule has 9 aromatic carbocycles. The van der Waals surface area contributed by atoms with Crippen LogP contribution in [-0.2, 0) is 0 Å². The van der Waals surface area contributed by atoms with E-state index >= 15 is 0 Å². The zero-order valence-corrected chi connectivity index (χ0v) is 29.0. The molecule has 0 radical (unpaired) electrons. The zero-order chi connectivity index (χ0) is 35.0. The van der Waals surface area contributed by atoms with Gasteiger partial charge in [0, 0.05) is 45.5 Å².